The largest absolute Gasteiger partial charge is 0.394 e. The molecule has 0 spiro atoms. The molecule has 1 aliphatic rings. The lowest BCUT2D eigenvalue weighted by molar-refractivity contribution is -0.196. The van der Waals surface area contributed by atoms with Crippen LogP contribution in [0.15, 0.2) is 36.4 Å². The van der Waals surface area contributed by atoms with Crippen LogP contribution in [0.5, 0.6) is 0 Å². The average molecular weight is 328 g/mol. The van der Waals surface area contributed by atoms with Crippen molar-refractivity contribution in [1.82, 2.24) is 0 Å². The van der Waals surface area contributed by atoms with Crippen LogP contribution >= 0.6 is 0 Å². The van der Waals surface area contributed by atoms with E-state index in [0.29, 0.717) is 12.8 Å². The summed E-state index contributed by atoms with van der Waals surface area (Å²) < 4.78 is 54.0. The first-order valence-electron chi connectivity index (χ1n) is 7.84. The zero-order valence-corrected chi connectivity index (χ0v) is 12.7. The van der Waals surface area contributed by atoms with E-state index in [4.69, 9.17) is 0 Å². The van der Waals surface area contributed by atoms with E-state index in [9.17, 15) is 22.4 Å². The van der Waals surface area contributed by atoms with Gasteiger partial charge in [-0.1, -0.05) is 48.9 Å². The van der Waals surface area contributed by atoms with Gasteiger partial charge in [-0.15, -0.1) is 0 Å². The lowest BCUT2D eigenvalue weighted by atomic mass is 9.79. The van der Waals surface area contributed by atoms with Crippen molar-refractivity contribution < 1.29 is 22.4 Å². The minimum absolute atomic E-state index is 0.190. The summed E-state index contributed by atoms with van der Waals surface area (Å²) in [5.41, 5.74) is 0.762. The Bertz CT molecular complexity index is 536. The summed E-state index contributed by atoms with van der Waals surface area (Å²) in [5, 5.41) is 0. The second kappa shape index (κ2) is 7.75. The van der Waals surface area contributed by atoms with E-state index >= 15 is 0 Å². The van der Waals surface area contributed by atoms with Gasteiger partial charge in [-0.25, -0.2) is 4.39 Å². The third-order valence-corrected chi connectivity index (χ3v) is 4.29. The molecule has 1 saturated carbocycles. The summed E-state index contributed by atoms with van der Waals surface area (Å²) >= 11 is 0. The van der Waals surface area contributed by atoms with Gasteiger partial charge in [-0.2, -0.15) is 13.2 Å². The standard InChI is InChI=1S/C18H20F4O/c19-17(14-10-4-5-12-16(14)23)15(18(20,21)22)11-6-9-13-7-2-1-3-8-13/h1-3,6-9,14-15,17H,4-5,10-12H2/b9-6+. The molecule has 1 fully saturated rings. The van der Waals surface area contributed by atoms with Gasteiger partial charge in [-0.3, -0.25) is 4.79 Å². The first kappa shape index (κ1) is 17.7. The molecule has 2 rings (SSSR count). The van der Waals surface area contributed by atoms with Crippen LogP contribution in [0.4, 0.5) is 17.6 Å². The molecule has 0 aromatic heterocycles. The molecular weight excluding hydrogens is 308 g/mol. The topological polar surface area (TPSA) is 17.1 Å². The highest BCUT2D eigenvalue weighted by Gasteiger charge is 2.48. The molecule has 0 aliphatic heterocycles. The molecule has 1 nitrogen and oxygen atoms in total. The normalized spacial score (nSPS) is 22.3. The monoisotopic (exact) mass is 328 g/mol. The van der Waals surface area contributed by atoms with Crippen LogP contribution in [0.25, 0.3) is 6.08 Å². The van der Waals surface area contributed by atoms with Crippen LogP contribution < -0.4 is 0 Å². The lowest BCUT2D eigenvalue weighted by Gasteiger charge is -2.30. The van der Waals surface area contributed by atoms with Gasteiger partial charge in [0.05, 0.1) is 5.92 Å². The predicted octanol–water partition coefficient (Wildman–Crippen LogP) is 5.37. The maximum absolute atomic E-state index is 14.5. The summed E-state index contributed by atoms with van der Waals surface area (Å²) in [6, 6.07) is 8.88. The highest BCUT2D eigenvalue weighted by atomic mass is 19.4. The Morgan fingerprint density at radius 1 is 1.17 bits per heavy atom. The molecule has 3 unspecified atom stereocenters. The molecule has 126 valence electrons. The molecule has 0 saturated heterocycles. The van der Waals surface area contributed by atoms with Gasteiger partial charge in [0.25, 0.3) is 0 Å². The Morgan fingerprint density at radius 3 is 2.48 bits per heavy atom. The summed E-state index contributed by atoms with van der Waals surface area (Å²) in [7, 11) is 0. The molecule has 1 aromatic carbocycles. The Kier molecular flexibility index (Phi) is 5.97. The molecular formula is C18H20F4O. The van der Waals surface area contributed by atoms with Gasteiger partial charge in [-0.05, 0) is 24.8 Å². The Morgan fingerprint density at radius 2 is 1.87 bits per heavy atom. The minimum Gasteiger partial charge on any atom is -0.299 e. The van der Waals surface area contributed by atoms with E-state index in [2.05, 4.69) is 0 Å². The molecule has 0 amide bonds. The van der Waals surface area contributed by atoms with Crippen molar-refractivity contribution in [2.24, 2.45) is 11.8 Å². The molecule has 0 radical (unpaired) electrons. The highest BCUT2D eigenvalue weighted by molar-refractivity contribution is 5.82. The maximum atomic E-state index is 14.5. The molecule has 3 atom stereocenters. The van der Waals surface area contributed by atoms with Gasteiger partial charge in [0.1, 0.15) is 12.0 Å². The Balaban J connectivity index is 2.07. The van der Waals surface area contributed by atoms with E-state index < -0.39 is 30.6 Å². The van der Waals surface area contributed by atoms with Crippen LogP contribution in [-0.2, 0) is 4.79 Å². The molecule has 0 heterocycles. The van der Waals surface area contributed by atoms with Gasteiger partial charge < -0.3 is 0 Å². The fourth-order valence-corrected chi connectivity index (χ4v) is 2.99. The number of allylic oxidation sites excluding steroid dienone is 1. The van der Waals surface area contributed by atoms with E-state index in [0.717, 1.165) is 5.56 Å². The third kappa shape index (κ3) is 4.91. The zero-order chi connectivity index (χ0) is 16.9. The first-order valence-corrected chi connectivity index (χ1v) is 7.84. The molecule has 5 heteroatoms. The summed E-state index contributed by atoms with van der Waals surface area (Å²) in [4.78, 5) is 11.7. The number of rotatable bonds is 5. The quantitative estimate of drug-likeness (QED) is 0.665. The summed E-state index contributed by atoms with van der Waals surface area (Å²) in [6.45, 7) is 0. The number of hydrogen-bond donors (Lipinski definition) is 0. The van der Waals surface area contributed by atoms with Crippen LogP contribution in [0.3, 0.4) is 0 Å². The van der Waals surface area contributed by atoms with Crippen LogP contribution in [0, 0.1) is 11.8 Å². The maximum Gasteiger partial charge on any atom is 0.394 e. The lowest BCUT2D eigenvalue weighted by Crippen LogP contribution is -2.40. The third-order valence-electron chi connectivity index (χ3n) is 4.29. The number of ketones is 1. The molecule has 1 aromatic rings. The first-order chi connectivity index (χ1) is 10.9. The average Bonchev–Trinajstić information content (AvgIpc) is 2.51. The Labute approximate surface area is 133 Å². The summed E-state index contributed by atoms with van der Waals surface area (Å²) in [5.74, 6) is -3.61. The SMILES string of the molecule is O=C1CCCCC1C(F)C(C/C=C/c1ccccc1)C(F)(F)F. The van der Waals surface area contributed by atoms with Crippen molar-refractivity contribution in [3.8, 4) is 0 Å². The minimum atomic E-state index is -4.65. The van der Waals surface area contributed by atoms with Crippen molar-refractivity contribution in [3.05, 3.63) is 42.0 Å². The fourth-order valence-electron chi connectivity index (χ4n) is 2.99. The highest BCUT2D eigenvalue weighted by Crippen LogP contribution is 2.39. The van der Waals surface area contributed by atoms with E-state index in [1.807, 2.05) is 6.07 Å². The van der Waals surface area contributed by atoms with E-state index in [1.54, 1.807) is 30.3 Å². The molecule has 1 aliphatic carbocycles. The number of benzene rings is 1. The number of carbonyl (C=O) groups excluding carboxylic acids is 1. The van der Waals surface area contributed by atoms with E-state index in [-0.39, 0.29) is 18.6 Å². The zero-order valence-electron chi connectivity index (χ0n) is 12.7. The van der Waals surface area contributed by atoms with Crippen molar-refractivity contribution in [1.29, 1.82) is 0 Å². The van der Waals surface area contributed by atoms with Crippen LogP contribution in [0.1, 0.15) is 37.7 Å². The van der Waals surface area contributed by atoms with Gasteiger partial charge in [0, 0.05) is 12.3 Å². The van der Waals surface area contributed by atoms with Crippen LogP contribution in [0.2, 0.25) is 0 Å². The number of halogens is 4. The van der Waals surface area contributed by atoms with Crippen molar-refractivity contribution in [2.75, 3.05) is 0 Å². The molecule has 0 N–H and O–H groups in total. The van der Waals surface area contributed by atoms with Crippen molar-refractivity contribution >= 4 is 11.9 Å². The smallest absolute Gasteiger partial charge is 0.299 e. The van der Waals surface area contributed by atoms with Crippen molar-refractivity contribution in [2.45, 2.75) is 44.5 Å². The number of alkyl halides is 4. The Hall–Kier alpha value is -1.65. The fraction of sp³-hybridized carbons (Fsp3) is 0.500. The van der Waals surface area contributed by atoms with Gasteiger partial charge >= 0.3 is 6.18 Å². The second-order valence-electron chi connectivity index (χ2n) is 5.96. The van der Waals surface area contributed by atoms with Crippen LogP contribution in [-0.4, -0.2) is 18.1 Å². The second-order valence-corrected chi connectivity index (χ2v) is 5.96. The molecule has 23 heavy (non-hydrogen) atoms. The van der Waals surface area contributed by atoms with Crippen molar-refractivity contribution in [3.63, 3.8) is 0 Å². The molecule has 0 bridgehead atoms. The predicted molar refractivity (Wildman–Crippen MR) is 81.5 cm³/mol. The summed E-state index contributed by atoms with van der Waals surface area (Å²) in [6.07, 6.45) is -2.72. The van der Waals surface area contributed by atoms with Gasteiger partial charge in [0.2, 0.25) is 0 Å². The van der Waals surface area contributed by atoms with E-state index in [1.165, 1.54) is 6.08 Å². The number of Topliss-reactive ketones (excluding diaryl/α,β-unsaturated/α-hetero) is 1. The number of hydrogen-bond acceptors (Lipinski definition) is 1. The number of carbonyl (C=O) groups is 1. The van der Waals surface area contributed by atoms with Gasteiger partial charge in [0.15, 0.2) is 0 Å².